The number of aryl methyl sites for hydroxylation is 1. The maximum atomic E-state index is 6.21. The van der Waals surface area contributed by atoms with Crippen LogP contribution >= 0.6 is 27.5 Å². The molecular weight excluding hydrogens is 332 g/mol. The topological polar surface area (TPSA) is 0 Å². The van der Waals surface area contributed by atoms with Crippen LogP contribution in [0.5, 0.6) is 0 Å². The Bertz CT molecular complexity index is 574. The summed E-state index contributed by atoms with van der Waals surface area (Å²) in [6.45, 7) is 6.51. The van der Waals surface area contributed by atoms with Crippen LogP contribution in [-0.2, 0) is 0 Å². The lowest BCUT2D eigenvalue weighted by molar-refractivity contribution is 0.733. The van der Waals surface area contributed by atoms with E-state index in [1.54, 1.807) is 0 Å². The van der Waals surface area contributed by atoms with E-state index in [2.05, 4.69) is 66.2 Å². The third kappa shape index (κ3) is 3.45. The molecule has 2 atom stereocenters. The summed E-state index contributed by atoms with van der Waals surface area (Å²) in [5.41, 5.74) is 4.97. The Morgan fingerprint density at radius 2 is 1.55 bits per heavy atom. The van der Waals surface area contributed by atoms with E-state index in [1.807, 2.05) is 13.0 Å². The van der Waals surface area contributed by atoms with Gasteiger partial charge in [0.05, 0.1) is 4.83 Å². The Labute approximate surface area is 135 Å². The molecule has 0 spiro atoms. The monoisotopic (exact) mass is 350 g/mol. The fourth-order valence-electron chi connectivity index (χ4n) is 2.19. The van der Waals surface area contributed by atoms with Gasteiger partial charge < -0.3 is 0 Å². The zero-order chi connectivity index (χ0) is 14.7. The minimum absolute atomic E-state index is 0.187. The molecular formula is C18H20BrCl. The van der Waals surface area contributed by atoms with Gasteiger partial charge in [-0.1, -0.05) is 77.8 Å². The van der Waals surface area contributed by atoms with Crippen molar-refractivity contribution in [2.75, 3.05) is 0 Å². The van der Waals surface area contributed by atoms with Crippen LogP contribution in [0.3, 0.4) is 0 Å². The van der Waals surface area contributed by atoms with Gasteiger partial charge >= 0.3 is 0 Å². The quantitative estimate of drug-likeness (QED) is 0.541. The molecule has 2 aromatic rings. The lowest BCUT2D eigenvalue weighted by atomic mass is 9.96. The zero-order valence-electron chi connectivity index (χ0n) is 12.2. The number of halogens is 2. The normalized spacial score (nSPS) is 14.1. The molecule has 0 bridgehead atoms. The third-order valence-electron chi connectivity index (χ3n) is 3.90. The summed E-state index contributed by atoms with van der Waals surface area (Å²) in [5, 5.41) is 0.822. The molecule has 0 aliphatic heterocycles. The van der Waals surface area contributed by atoms with E-state index in [0.29, 0.717) is 5.92 Å². The van der Waals surface area contributed by atoms with Gasteiger partial charge in [-0.15, -0.1) is 0 Å². The second-order valence-electron chi connectivity index (χ2n) is 5.35. The average Bonchev–Trinajstić information content (AvgIpc) is 2.48. The van der Waals surface area contributed by atoms with Gasteiger partial charge in [0.2, 0.25) is 0 Å². The van der Waals surface area contributed by atoms with Gasteiger partial charge in [0.1, 0.15) is 0 Å². The van der Waals surface area contributed by atoms with Gasteiger partial charge in [-0.25, -0.2) is 0 Å². The number of hydrogen-bond donors (Lipinski definition) is 0. The smallest absolute Gasteiger partial charge is 0.0645 e. The minimum Gasteiger partial charge on any atom is -0.0840 e. The first-order valence-electron chi connectivity index (χ1n) is 7.03. The molecule has 0 aromatic heterocycles. The molecule has 0 aliphatic rings. The Hall–Kier alpha value is -0.790. The van der Waals surface area contributed by atoms with Crippen LogP contribution in [0.2, 0.25) is 5.02 Å². The van der Waals surface area contributed by atoms with Gasteiger partial charge in [-0.3, -0.25) is 0 Å². The van der Waals surface area contributed by atoms with E-state index in [9.17, 15) is 0 Å². The molecule has 0 saturated heterocycles. The van der Waals surface area contributed by atoms with E-state index in [-0.39, 0.29) is 4.83 Å². The molecule has 0 N–H and O–H groups in total. The third-order valence-corrected chi connectivity index (χ3v) is 5.36. The number of alkyl halides is 1. The minimum atomic E-state index is 0.187. The highest BCUT2D eigenvalue weighted by molar-refractivity contribution is 9.09. The molecule has 2 aromatic carbocycles. The summed E-state index contributed by atoms with van der Waals surface area (Å²) < 4.78 is 0. The Kier molecular flexibility index (Phi) is 5.29. The predicted octanol–water partition coefficient (Wildman–Crippen LogP) is 6.65. The Morgan fingerprint density at radius 3 is 2.10 bits per heavy atom. The first kappa shape index (κ1) is 15.6. The van der Waals surface area contributed by atoms with Gasteiger partial charge in [0, 0.05) is 5.02 Å². The van der Waals surface area contributed by atoms with Crippen molar-refractivity contribution >= 4 is 27.5 Å². The molecule has 106 valence electrons. The van der Waals surface area contributed by atoms with Crippen LogP contribution in [0.15, 0.2) is 42.5 Å². The highest BCUT2D eigenvalue weighted by Crippen LogP contribution is 2.33. The molecule has 0 heterocycles. The summed E-state index contributed by atoms with van der Waals surface area (Å²) in [6, 6.07) is 15.1. The van der Waals surface area contributed by atoms with Crippen molar-refractivity contribution in [1.82, 2.24) is 0 Å². The van der Waals surface area contributed by atoms with Crippen LogP contribution in [0, 0.1) is 6.92 Å². The zero-order valence-corrected chi connectivity index (χ0v) is 14.5. The maximum absolute atomic E-state index is 6.21. The Morgan fingerprint density at radius 1 is 1.00 bits per heavy atom. The van der Waals surface area contributed by atoms with Crippen LogP contribution in [-0.4, -0.2) is 0 Å². The number of benzene rings is 2. The predicted molar refractivity (Wildman–Crippen MR) is 92.1 cm³/mol. The fourth-order valence-corrected chi connectivity index (χ4v) is 2.97. The van der Waals surface area contributed by atoms with Crippen molar-refractivity contribution in [3.05, 3.63) is 69.7 Å². The second-order valence-corrected chi connectivity index (χ2v) is 6.67. The summed E-state index contributed by atoms with van der Waals surface area (Å²) in [7, 11) is 0. The van der Waals surface area contributed by atoms with Crippen LogP contribution in [0.1, 0.15) is 53.3 Å². The van der Waals surface area contributed by atoms with Crippen molar-refractivity contribution in [2.24, 2.45) is 0 Å². The van der Waals surface area contributed by atoms with Crippen molar-refractivity contribution in [3.8, 4) is 0 Å². The molecule has 0 saturated carbocycles. The first-order chi connectivity index (χ1) is 9.52. The van der Waals surface area contributed by atoms with Crippen LogP contribution in [0.25, 0.3) is 0 Å². The van der Waals surface area contributed by atoms with Crippen molar-refractivity contribution < 1.29 is 0 Å². The van der Waals surface area contributed by atoms with Crippen molar-refractivity contribution in [1.29, 1.82) is 0 Å². The summed E-state index contributed by atoms with van der Waals surface area (Å²) >= 11 is 9.98. The van der Waals surface area contributed by atoms with Gasteiger partial charge in [0.25, 0.3) is 0 Å². The summed E-state index contributed by atoms with van der Waals surface area (Å²) in [4.78, 5) is 0.187. The van der Waals surface area contributed by atoms with Gasteiger partial charge in [0.15, 0.2) is 0 Å². The lowest BCUT2D eigenvalue weighted by Gasteiger charge is -2.14. The molecule has 0 fully saturated rings. The molecule has 0 aliphatic carbocycles. The molecule has 0 nitrogen and oxygen atoms in total. The van der Waals surface area contributed by atoms with E-state index in [1.165, 1.54) is 23.1 Å². The van der Waals surface area contributed by atoms with E-state index >= 15 is 0 Å². The van der Waals surface area contributed by atoms with Gasteiger partial charge in [-0.2, -0.15) is 0 Å². The number of hydrogen-bond acceptors (Lipinski definition) is 0. The summed E-state index contributed by atoms with van der Waals surface area (Å²) in [5.74, 6) is 0.617. The largest absolute Gasteiger partial charge is 0.0840 e. The van der Waals surface area contributed by atoms with E-state index in [4.69, 9.17) is 11.6 Å². The fraction of sp³-hybridized carbons (Fsp3) is 0.333. The second kappa shape index (κ2) is 6.78. The van der Waals surface area contributed by atoms with Crippen molar-refractivity contribution in [2.45, 2.75) is 37.9 Å². The molecule has 2 unspecified atom stereocenters. The first-order valence-corrected chi connectivity index (χ1v) is 8.32. The lowest BCUT2D eigenvalue weighted by Crippen LogP contribution is -1.96. The van der Waals surface area contributed by atoms with E-state index in [0.717, 1.165) is 10.6 Å². The molecule has 0 radical (unpaired) electrons. The highest BCUT2D eigenvalue weighted by Gasteiger charge is 2.12. The summed E-state index contributed by atoms with van der Waals surface area (Å²) in [6.07, 6.45) is 1.17. The van der Waals surface area contributed by atoms with E-state index < -0.39 is 0 Å². The van der Waals surface area contributed by atoms with Crippen LogP contribution in [0.4, 0.5) is 0 Å². The molecule has 0 amide bonds. The Balaban J connectivity index is 2.24. The number of rotatable bonds is 4. The van der Waals surface area contributed by atoms with Crippen LogP contribution < -0.4 is 0 Å². The van der Waals surface area contributed by atoms with Crippen molar-refractivity contribution in [3.63, 3.8) is 0 Å². The highest BCUT2D eigenvalue weighted by atomic mass is 79.9. The standard InChI is InChI=1S/C18H20BrCl/c1-4-12(2)14-7-9-15(10-8-14)18(19)16-6-5-13(3)17(20)11-16/h5-12,18H,4H2,1-3H3. The average molecular weight is 352 g/mol. The molecule has 20 heavy (non-hydrogen) atoms. The SMILES string of the molecule is CCC(C)c1ccc(C(Br)c2ccc(C)c(Cl)c2)cc1. The molecule has 2 heteroatoms. The maximum Gasteiger partial charge on any atom is 0.0645 e. The van der Waals surface area contributed by atoms with Gasteiger partial charge in [-0.05, 0) is 47.6 Å². The molecule has 2 rings (SSSR count).